The molecule has 0 amide bonds. The van der Waals surface area contributed by atoms with Gasteiger partial charge in [-0.3, -0.25) is 0 Å². The summed E-state index contributed by atoms with van der Waals surface area (Å²) in [4.78, 5) is 20.1. The Bertz CT molecular complexity index is 136. The highest BCUT2D eigenvalue weighted by Crippen LogP contribution is 1.92. The third-order valence-corrected chi connectivity index (χ3v) is 1.00. The molecule has 5 nitrogen and oxygen atoms in total. The number of hydrogen-bond donors (Lipinski definition) is 2. The topological polar surface area (TPSA) is 89.6 Å². The van der Waals surface area contributed by atoms with Gasteiger partial charge in [-0.25, -0.2) is 4.79 Å². The molecule has 58 valence electrons. The second-order valence-electron chi connectivity index (χ2n) is 1.71. The highest BCUT2D eigenvalue weighted by atomic mass is 16.5. The van der Waals surface area contributed by atoms with Crippen LogP contribution in [0, 0.1) is 0 Å². The number of hydrogen-bond acceptors (Lipinski definition) is 4. The summed E-state index contributed by atoms with van der Waals surface area (Å²) < 4.78 is 4.41. The van der Waals surface area contributed by atoms with Gasteiger partial charge in [0.2, 0.25) is 0 Å². The molecule has 0 spiro atoms. The van der Waals surface area contributed by atoms with E-state index < -0.39 is 18.1 Å². The van der Waals surface area contributed by atoms with Crippen molar-refractivity contribution in [2.24, 2.45) is 5.73 Å². The van der Waals surface area contributed by atoms with E-state index in [1.807, 2.05) is 0 Å². The maximum absolute atomic E-state index is 10.2. The zero-order valence-electron chi connectivity index (χ0n) is 5.48. The average Bonchev–Trinajstić information content (AvgIpc) is 1.88. The number of aldehydes is 1. The number of rotatable bonds is 4. The van der Waals surface area contributed by atoms with Crippen LogP contribution >= 0.6 is 0 Å². The summed E-state index contributed by atoms with van der Waals surface area (Å²) in [6.07, 6.45) is -0.903. The van der Waals surface area contributed by atoms with Crippen LogP contribution < -0.4 is 5.73 Å². The van der Waals surface area contributed by atoms with E-state index in [0.717, 1.165) is 0 Å². The van der Waals surface area contributed by atoms with Crippen molar-refractivity contribution < 1.29 is 19.4 Å². The van der Waals surface area contributed by atoms with Gasteiger partial charge < -0.3 is 20.4 Å². The Balaban J connectivity index is 4.05. The second-order valence-corrected chi connectivity index (χ2v) is 1.71. The minimum Gasteiger partial charge on any atom is -0.479 e. The van der Waals surface area contributed by atoms with Gasteiger partial charge in [0.25, 0.3) is 0 Å². The first-order valence-corrected chi connectivity index (χ1v) is 2.60. The van der Waals surface area contributed by atoms with Crippen molar-refractivity contribution >= 4 is 12.3 Å². The van der Waals surface area contributed by atoms with Gasteiger partial charge in [-0.1, -0.05) is 0 Å². The van der Waals surface area contributed by atoms with Crippen LogP contribution in [0.3, 0.4) is 0 Å². The summed E-state index contributed by atoms with van der Waals surface area (Å²) >= 11 is 0. The molecule has 0 saturated carbocycles. The van der Waals surface area contributed by atoms with E-state index >= 15 is 0 Å². The number of nitrogens with two attached hydrogens (primary N) is 1. The Hall–Kier alpha value is -0.940. The first kappa shape index (κ1) is 9.06. The Morgan fingerprint density at radius 1 is 1.80 bits per heavy atom. The number of carboxylic acid groups (broad SMARTS) is 1. The van der Waals surface area contributed by atoms with Crippen LogP contribution in [0.15, 0.2) is 0 Å². The summed E-state index contributed by atoms with van der Waals surface area (Å²) in [5.74, 6) is -1.23. The Morgan fingerprint density at radius 2 is 2.30 bits per heavy atom. The summed E-state index contributed by atoms with van der Waals surface area (Å²) in [7, 11) is 1.18. The highest BCUT2D eigenvalue weighted by molar-refractivity contribution is 5.78. The standard InChI is InChI=1S/C5H9NO4/c1-10-4(5(8)9)3(6)2-7/h2-4H,6H2,1H3,(H,8,9). The van der Waals surface area contributed by atoms with E-state index in [-0.39, 0.29) is 0 Å². The fourth-order valence-corrected chi connectivity index (χ4v) is 0.494. The quantitative estimate of drug-likeness (QED) is 0.478. The first-order valence-electron chi connectivity index (χ1n) is 2.60. The van der Waals surface area contributed by atoms with Gasteiger partial charge in [0.05, 0.1) is 6.04 Å². The summed E-state index contributed by atoms with van der Waals surface area (Å²) in [6, 6.07) is -1.09. The molecule has 0 fully saturated rings. The van der Waals surface area contributed by atoms with Gasteiger partial charge in [-0.2, -0.15) is 0 Å². The lowest BCUT2D eigenvalue weighted by Crippen LogP contribution is -2.42. The molecule has 0 aromatic rings. The maximum Gasteiger partial charge on any atom is 0.334 e. The minimum absolute atomic E-state index is 0.336. The molecule has 0 bridgehead atoms. The predicted octanol–water partition coefficient (Wildman–Crippen LogP) is -1.39. The molecule has 10 heavy (non-hydrogen) atoms. The molecule has 2 atom stereocenters. The molecule has 3 N–H and O–H groups in total. The molecule has 0 saturated heterocycles. The first-order chi connectivity index (χ1) is 4.63. The zero-order chi connectivity index (χ0) is 8.15. The Kier molecular flexibility index (Phi) is 3.60. The van der Waals surface area contributed by atoms with Gasteiger partial charge >= 0.3 is 5.97 Å². The molecular formula is C5H9NO4. The maximum atomic E-state index is 10.2. The van der Waals surface area contributed by atoms with Crippen molar-refractivity contribution in [3.8, 4) is 0 Å². The van der Waals surface area contributed by atoms with Crippen molar-refractivity contribution in [1.82, 2.24) is 0 Å². The number of carbonyl (C=O) groups is 2. The van der Waals surface area contributed by atoms with Gasteiger partial charge in [-0.15, -0.1) is 0 Å². The van der Waals surface area contributed by atoms with Gasteiger partial charge in [-0.05, 0) is 0 Å². The SMILES string of the molecule is COC(C(=O)O)C(N)C=O. The number of ether oxygens (including phenoxy) is 1. The lowest BCUT2D eigenvalue weighted by molar-refractivity contribution is -0.150. The predicted molar refractivity (Wildman–Crippen MR) is 32.5 cm³/mol. The van der Waals surface area contributed by atoms with Crippen molar-refractivity contribution in [3.05, 3.63) is 0 Å². The van der Waals surface area contributed by atoms with Crippen LogP contribution in [0.1, 0.15) is 0 Å². The van der Waals surface area contributed by atoms with Crippen molar-refractivity contribution in [3.63, 3.8) is 0 Å². The van der Waals surface area contributed by atoms with Crippen molar-refractivity contribution in [1.29, 1.82) is 0 Å². The van der Waals surface area contributed by atoms with Crippen LogP contribution in [0.25, 0.3) is 0 Å². The third-order valence-electron chi connectivity index (χ3n) is 1.00. The number of aliphatic carboxylic acids is 1. The number of carbonyl (C=O) groups excluding carboxylic acids is 1. The largest absolute Gasteiger partial charge is 0.479 e. The fourth-order valence-electron chi connectivity index (χ4n) is 0.494. The number of carboxylic acids is 1. The van der Waals surface area contributed by atoms with Crippen LogP contribution in [-0.2, 0) is 14.3 Å². The van der Waals surface area contributed by atoms with E-state index in [0.29, 0.717) is 6.29 Å². The molecule has 0 radical (unpaired) electrons. The van der Waals surface area contributed by atoms with Crippen LogP contribution in [0.5, 0.6) is 0 Å². The zero-order valence-corrected chi connectivity index (χ0v) is 5.48. The van der Waals surface area contributed by atoms with Crippen molar-refractivity contribution in [2.75, 3.05) is 7.11 Å². The summed E-state index contributed by atoms with van der Waals surface area (Å²) in [5, 5.41) is 8.31. The van der Waals surface area contributed by atoms with Gasteiger partial charge in [0, 0.05) is 7.11 Å². The monoisotopic (exact) mass is 147 g/mol. The lowest BCUT2D eigenvalue weighted by atomic mass is 10.2. The third kappa shape index (κ3) is 2.12. The number of methoxy groups -OCH3 is 1. The summed E-state index contributed by atoms with van der Waals surface area (Å²) in [6.45, 7) is 0. The molecule has 0 aliphatic rings. The van der Waals surface area contributed by atoms with Gasteiger partial charge in [0.1, 0.15) is 6.29 Å². The van der Waals surface area contributed by atoms with E-state index in [1.165, 1.54) is 7.11 Å². The Morgan fingerprint density at radius 3 is 2.40 bits per heavy atom. The van der Waals surface area contributed by atoms with E-state index in [1.54, 1.807) is 0 Å². The highest BCUT2D eigenvalue weighted by Gasteiger charge is 2.23. The minimum atomic E-state index is -1.24. The molecule has 0 rings (SSSR count). The smallest absolute Gasteiger partial charge is 0.334 e. The van der Waals surface area contributed by atoms with Crippen molar-refractivity contribution in [2.45, 2.75) is 12.1 Å². The molecule has 2 unspecified atom stereocenters. The average molecular weight is 147 g/mol. The second kappa shape index (κ2) is 3.97. The fraction of sp³-hybridized carbons (Fsp3) is 0.600. The Labute approximate surface area is 57.8 Å². The molecule has 0 aliphatic carbocycles. The van der Waals surface area contributed by atoms with Crippen LogP contribution in [0.2, 0.25) is 0 Å². The summed E-state index contributed by atoms with van der Waals surface area (Å²) in [5.41, 5.74) is 5.05. The molecule has 0 aromatic carbocycles. The van der Waals surface area contributed by atoms with Gasteiger partial charge in [0.15, 0.2) is 6.10 Å². The molecule has 5 heteroatoms. The normalized spacial score (nSPS) is 15.8. The van der Waals surface area contributed by atoms with E-state index in [4.69, 9.17) is 10.8 Å². The van der Waals surface area contributed by atoms with E-state index in [9.17, 15) is 9.59 Å². The lowest BCUT2D eigenvalue weighted by Gasteiger charge is -2.11. The molecule has 0 aliphatic heterocycles. The molecule has 0 heterocycles. The van der Waals surface area contributed by atoms with Crippen LogP contribution in [-0.4, -0.2) is 36.6 Å². The molecular weight excluding hydrogens is 138 g/mol. The molecule has 0 aromatic heterocycles. The van der Waals surface area contributed by atoms with Crippen LogP contribution in [0.4, 0.5) is 0 Å². The van der Waals surface area contributed by atoms with E-state index in [2.05, 4.69) is 4.74 Å².